The lowest BCUT2D eigenvalue weighted by molar-refractivity contribution is -0.143. The molecule has 0 aromatic carbocycles. The molecule has 5 nitrogen and oxygen atoms in total. The van der Waals surface area contributed by atoms with Gasteiger partial charge in [-0.2, -0.15) is 0 Å². The van der Waals surface area contributed by atoms with Crippen molar-refractivity contribution >= 4 is 39.3 Å². The highest BCUT2D eigenvalue weighted by molar-refractivity contribution is 9.11. The van der Waals surface area contributed by atoms with Crippen LogP contribution in [0.15, 0.2) is 15.9 Å². The van der Waals surface area contributed by atoms with Gasteiger partial charge in [-0.15, -0.1) is 11.3 Å². The van der Waals surface area contributed by atoms with E-state index in [1.165, 1.54) is 18.4 Å². The molecule has 0 spiro atoms. The van der Waals surface area contributed by atoms with E-state index in [1.807, 2.05) is 12.1 Å². The Morgan fingerprint density at radius 2 is 2.05 bits per heavy atom. The van der Waals surface area contributed by atoms with Crippen molar-refractivity contribution in [2.75, 3.05) is 7.11 Å². The van der Waals surface area contributed by atoms with Crippen LogP contribution in [0, 0.1) is 0 Å². The summed E-state index contributed by atoms with van der Waals surface area (Å²) in [6.45, 7) is 5.28. The van der Waals surface area contributed by atoms with E-state index in [4.69, 9.17) is 9.47 Å². The van der Waals surface area contributed by atoms with Crippen LogP contribution in [0.1, 0.15) is 25.6 Å². The number of amides is 1. The van der Waals surface area contributed by atoms with E-state index in [9.17, 15) is 9.59 Å². The molecule has 1 N–H and O–H groups in total. The van der Waals surface area contributed by atoms with Gasteiger partial charge in [0, 0.05) is 11.3 Å². The van der Waals surface area contributed by atoms with Gasteiger partial charge in [0.1, 0.15) is 11.6 Å². The molecule has 1 rings (SSSR count). The summed E-state index contributed by atoms with van der Waals surface area (Å²) in [4.78, 5) is 24.4. The van der Waals surface area contributed by atoms with Crippen LogP contribution >= 0.6 is 27.3 Å². The maximum atomic E-state index is 11.7. The van der Waals surface area contributed by atoms with Gasteiger partial charge in [0.15, 0.2) is 0 Å². The molecule has 1 atom stereocenters. The number of hydrogen-bond donors (Lipinski definition) is 1. The zero-order valence-corrected chi connectivity index (χ0v) is 14.3. The molecule has 0 saturated heterocycles. The molecule has 0 bridgehead atoms. The van der Waals surface area contributed by atoms with Gasteiger partial charge in [-0.1, -0.05) is 0 Å². The minimum atomic E-state index is -0.764. The van der Waals surface area contributed by atoms with Crippen molar-refractivity contribution in [2.45, 2.75) is 38.8 Å². The monoisotopic (exact) mass is 363 g/mol. The topological polar surface area (TPSA) is 64.6 Å². The maximum Gasteiger partial charge on any atom is 0.408 e. The Bertz CT molecular complexity index is 481. The Morgan fingerprint density at radius 1 is 1.40 bits per heavy atom. The van der Waals surface area contributed by atoms with E-state index >= 15 is 0 Å². The molecule has 1 unspecified atom stereocenters. The molecule has 0 aliphatic heterocycles. The molecule has 20 heavy (non-hydrogen) atoms. The molecule has 0 saturated carbocycles. The highest BCUT2D eigenvalue weighted by Crippen LogP contribution is 2.23. The third-order valence-corrected chi connectivity index (χ3v) is 3.86. The fraction of sp³-hybridized carbons (Fsp3) is 0.538. The van der Waals surface area contributed by atoms with E-state index < -0.39 is 23.7 Å². The molecule has 0 fully saturated rings. The molecule has 1 amide bonds. The number of methoxy groups -OCH3 is 1. The number of alkyl carbamates (subject to hydrolysis) is 1. The molecule has 1 heterocycles. The summed E-state index contributed by atoms with van der Waals surface area (Å²) in [6.07, 6.45) is -0.272. The minimum absolute atomic E-state index is 0.363. The van der Waals surface area contributed by atoms with Crippen LogP contribution in [-0.4, -0.2) is 30.8 Å². The van der Waals surface area contributed by atoms with Crippen molar-refractivity contribution in [3.05, 3.63) is 20.8 Å². The quantitative estimate of drug-likeness (QED) is 0.834. The summed E-state index contributed by atoms with van der Waals surface area (Å²) in [6, 6.07) is 3.02. The Morgan fingerprint density at radius 3 is 2.50 bits per heavy atom. The normalized spacial score (nSPS) is 12.7. The van der Waals surface area contributed by atoms with Gasteiger partial charge in [0.25, 0.3) is 0 Å². The summed E-state index contributed by atoms with van der Waals surface area (Å²) >= 11 is 4.86. The Hall–Kier alpha value is -1.08. The summed E-state index contributed by atoms with van der Waals surface area (Å²) in [5.74, 6) is -0.500. The fourth-order valence-corrected chi connectivity index (χ4v) is 2.98. The van der Waals surface area contributed by atoms with Crippen molar-refractivity contribution in [3.63, 3.8) is 0 Å². The van der Waals surface area contributed by atoms with Crippen LogP contribution in [0.5, 0.6) is 0 Å². The molecule has 1 aromatic rings. The molecule has 0 aliphatic carbocycles. The lowest BCUT2D eigenvalue weighted by Gasteiger charge is -2.22. The minimum Gasteiger partial charge on any atom is -0.467 e. The zero-order valence-electron chi connectivity index (χ0n) is 11.9. The number of nitrogens with one attached hydrogen (secondary N) is 1. The van der Waals surface area contributed by atoms with Gasteiger partial charge in [-0.3, -0.25) is 0 Å². The van der Waals surface area contributed by atoms with Gasteiger partial charge >= 0.3 is 12.1 Å². The highest BCUT2D eigenvalue weighted by atomic mass is 79.9. The second kappa shape index (κ2) is 7.08. The SMILES string of the molecule is COC(=O)C(Cc1ccc(Br)s1)NC(=O)OC(C)(C)C. The van der Waals surface area contributed by atoms with Crippen molar-refractivity contribution in [3.8, 4) is 0 Å². The second-order valence-corrected chi connectivity index (χ2v) is 7.68. The summed E-state index contributed by atoms with van der Waals surface area (Å²) in [5, 5.41) is 2.54. The Labute approximate surface area is 130 Å². The molecular formula is C13H18BrNO4S. The fourth-order valence-electron chi connectivity index (χ4n) is 1.45. The van der Waals surface area contributed by atoms with Gasteiger partial charge in [0.2, 0.25) is 0 Å². The molecule has 1 aromatic heterocycles. The lowest BCUT2D eigenvalue weighted by Crippen LogP contribution is -2.45. The van der Waals surface area contributed by atoms with E-state index in [0.29, 0.717) is 6.42 Å². The largest absolute Gasteiger partial charge is 0.467 e. The molecule has 7 heteroatoms. The van der Waals surface area contributed by atoms with Crippen LogP contribution in [0.25, 0.3) is 0 Å². The van der Waals surface area contributed by atoms with Gasteiger partial charge in [0.05, 0.1) is 10.9 Å². The lowest BCUT2D eigenvalue weighted by atomic mass is 10.2. The number of rotatable bonds is 4. The highest BCUT2D eigenvalue weighted by Gasteiger charge is 2.25. The first-order chi connectivity index (χ1) is 9.21. The molecule has 112 valence electrons. The van der Waals surface area contributed by atoms with Crippen LogP contribution in [0.2, 0.25) is 0 Å². The average Bonchev–Trinajstić information content (AvgIpc) is 2.70. The number of carbonyl (C=O) groups excluding carboxylic acids is 2. The van der Waals surface area contributed by atoms with Crippen molar-refractivity contribution in [1.82, 2.24) is 5.32 Å². The van der Waals surface area contributed by atoms with Crippen molar-refractivity contribution in [1.29, 1.82) is 0 Å². The molecule has 0 aliphatic rings. The third kappa shape index (κ3) is 5.92. The zero-order chi connectivity index (χ0) is 15.3. The maximum absolute atomic E-state index is 11.7. The van der Waals surface area contributed by atoms with Gasteiger partial charge < -0.3 is 14.8 Å². The van der Waals surface area contributed by atoms with E-state index in [0.717, 1.165) is 8.66 Å². The van der Waals surface area contributed by atoms with Gasteiger partial charge in [-0.25, -0.2) is 9.59 Å². The van der Waals surface area contributed by atoms with Gasteiger partial charge in [-0.05, 0) is 48.8 Å². The third-order valence-electron chi connectivity index (χ3n) is 2.21. The van der Waals surface area contributed by atoms with Crippen LogP contribution < -0.4 is 5.32 Å². The summed E-state index contributed by atoms with van der Waals surface area (Å²) in [5.41, 5.74) is -0.614. The van der Waals surface area contributed by atoms with Crippen LogP contribution in [0.3, 0.4) is 0 Å². The summed E-state index contributed by atoms with van der Waals surface area (Å²) < 4.78 is 10.8. The van der Waals surface area contributed by atoms with Crippen LogP contribution in [0.4, 0.5) is 4.79 Å². The number of hydrogen-bond acceptors (Lipinski definition) is 5. The predicted molar refractivity (Wildman–Crippen MR) is 80.9 cm³/mol. The number of halogens is 1. The number of thiophene rings is 1. The Kier molecular flexibility index (Phi) is 6.01. The van der Waals surface area contributed by atoms with E-state index in [2.05, 4.69) is 21.2 Å². The van der Waals surface area contributed by atoms with E-state index in [1.54, 1.807) is 20.8 Å². The first kappa shape index (κ1) is 17.0. The average molecular weight is 364 g/mol. The predicted octanol–water partition coefficient (Wildman–Crippen LogP) is 3.12. The number of carbonyl (C=O) groups is 2. The number of esters is 1. The van der Waals surface area contributed by atoms with Crippen molar-refractivity contribution < 1.29 is 19.1 Å². The Balaban J connectivity index is 2.70. The standard InChI is InChI=1S/C13H18BrNO4S/c1-13(2,3)19-12(17)15-9(11(16)18-4)7-8-5-6-10(14)20-8/h5-6,9H,7H2,1-4H3,(H,15,17). The van der Waals surface area contributed by atoms with Crippen molar-refractivity contribution in [2.24, 2.45) is 0 Å². The number of ether oxygens (including phenoxy) is 2. The molecule has 0 radical (unpaired) electrons. The second-order valence-electron chi connectivity index (χ2n) is 5.13. The summed E-state index contributed by atoms with van der Waals surface area (Å²) in [7, 11) is 1.29. The first-order valence-electron chi connectivity index (χ1n) is 6.03. The smallest absolute Gasteiger partial charge is 0.408 e. The first-order valence-corrected chi connectivity index (χ1v) is 7.64. The van der Waals surface area contributed by atoms with Crippen LogP contribution in [-0.2, 0) is 20.7 Å². The molecular weight excluding hydrogens is 346 g/mol. The van der Waals surface area contributed by atoms with E-state index in [-0.39, 0.29) is 0 Å².